The van der Waals surface area contributed by atoms with Gasteiger partial charge in [0.25, 0.3) is 0 Å². The van der Waals surface area contributed by atoms with Crippen LogP contribution in [0.1, 0.15) is 58.8 Å². The van der Waals surface area contributed by atoms with Crippen molar-refractivity contribution in [3.8, 4) is 0 Å². The van der Waals surface area contributed by atoms with Gasteiger partial charge in [-0.2, -0.15) is 0 Å². The molecule has 1 saturated carbocycles. The second-order valence-electron chi connectivity index (χ2n) is 16.1. The largest absolute Gasteiger partial charge is 0.390 e. The Morgan fingerprint density at radius 1 is 0.696 bits per heavy atom. The van der Waals surface area contributed by atoms with E-state index >= 15 is 0 Å². The SMILES string of the molecule is C=CC[C@@H]1O[C@@H]([C@@H](O)/C=C/[Si](C)(C)C)[C@@H](O)[C@@H](O)[C@H]1C.C=CC[C@@H]1O[C@@H]([C@@H](O)/C=C/[Si](C)(C)C)[C@H]2OC3(CCCCC3)O[C@H]2[C@H]1C. The molecule has 4 aliphatic rings. The molecule has 0 bridgehead atoms. The van der Waals surface area contributed by atoms with Crippen molar-refractivity contribution in [1.82, 2.24) is 0 Å². The van der Waals surface area contributed by atoms with Crippen molar-refractivity contribution in [2.75, 3.05) is 0 Å². The Morgan fingerprint density at radius 3 is 1.65 bits per heavy atom. The molecule has 8 nitrogen and oxygen atoms in total. The molecular formula is C36H64O8Si2. The zero-order valence-electron chi connectivity index (χ0n) is 29.7. The van der Waals surface area contributed by atoms with E-state index in [1.165, 1.54) is 6.42 Å². The molecule has 0 aromatic heterocycles. The third-order valence-corrected chi connectivity index (χ3v) is 12.0. The van der Waals surface area contributed by atoms with Crippen molar-refractivity contribution in [3.63, 3.8) is 0 Å². The second kappa shape index (κ2) is 16.7. The van der Waals surface area contributed by atoms with Gasteiger partial charge in [0.2, 0.25) is 0 Å². The summed E-state index contributed by atoms with van der Waals surface area (Å²) in [6.07, 6.45) is 8.86. The number of aliphatic hydroxyl groups excluding tert-OH is 4. The highest BCUT2D eigenvalue weighted by Crippen LogP contribution is 2.47. The monoisotopic (exact) mass is 680 g/mol. The van der Waals surface area contributed by atoms with Crippen molar-refractivity contribution in [3.05, 3.63) is 48.9 Å². The first-order valence-corrected chi connectivity index (χ1v) is 24.6. The topological polar surface area (TPSA) is 118 Å². The highest BCUT2D eigenvalue weighted by atomic mass is 28.3. The van der Waals surface area contributed by atoms with Gasteiger partial charge in [0.1, 0.15) is 36.6 Å². The van der Waals surface area contributed by atoms with Crippen LogP contribution >= 0.6 is 0 Å². The first-order valence-electron chi connectivity index (χ1n) is 17.4. The van der Waals surface area contributed by atoms with Gasteiger partial charge in [-0.25, -0.2) is 0 Å². The fraction of sp³-hybridized carbons (Fsp3) is 0.778. The third kappa shape index (κ3) is 10.5. The maximum Gasteiger partial charge on any atom is 0.169 e. The minimum atomic E-state index is -1.42. The van der Waals surface area contributed by atoms with Gasteiger partial charge in [0.05, 0.1) is 40.6 Å². The molecule has 0 aromatic carbocycles. The number of aliphatic hydroxyl groups is 4. The molecule has 1 spiro atoms. The zero-order valence-corrected chi connectivity index (χ0v) is 31.7. The van der Waals surface area contributed by atoms with Crippen molar-refractivity contribution >= 4 is 16.1 Å². The fourth-order valence-corrected chi connectivity index (χ4v) is 8.36. The number of hydrogen-bond donors (Lipinski definition) is 4. The van der Waals surface area contributed by atoms with E-state index in [1.807, 2.05) is 24.8 Å². The number of rotatable bonds is 10. The Hall–Kier alpha value is -0.926. The van der Waals surface area contributed by atoms with Gasteiger partial charge in [-0.1, -0.05) is 95.3 Å². The average Bonchev–Trinajstić information content (AvgIpc) is 3.35. The van der Waals surface area contributed by atoms with E-state index in [9.17, 15) is 20.4 Å². The molecule has 1 aliphatic carbocycles. The first kappa shape index (κ1) is 39.5. The Bertz CT molecular complexity index is 1030. The summed E-state index contributed by atoms with van der Waals surface area (Å²) in [7, 11) is -2.81. The molecule has 0 aromatic rings. The van der Waals surface area contributed by atoms with E-state index in [0.717, 1.165) is 32.1 Å². The summed E-state index contributed by atoms with van der Waals surface area (Å²) >= 11 is 0. The molecule has 4 rings (SSSR count). The molecule has 3 saturated heterocycles. The highest BCUT2D eigenvalue weighted by molar-refractivity contribution is 6.81. The van der Waals surface area contributed by atoms with Crippen molar-refractivity contribution in [1.29, 1.82) is 0 Å². The molecule has 4 N–H and O–H groups in total. The van der Waals surface area contributed by atoms with Gasteiger partial charge >= 0.3 is 0 Å². The van der Waals surface area contributed by atoms with Crippen molar-refractivity contribution < 1.29 is 39.4 Å². The summed E-state index contributed by atoms with van der Waals surface area (Å²) in [5.74, 6) is -0.425. The highest BCUT2D eigenvalue weighted by Gasteiger charge is 2.57. The quantitative estimate of drug-likeness (QED) is 0.172. The van der Waals surface area contributed by atoms with Gasteiger partial charge in [-0.15, -0.1) is 13.2 Å². The Labute approximate surface area is 280 Å². The molecule has 0 radical (unpaired) electrons. The van der Waals surface area contributed by atoms with Crippen LogP contribution in [0.3, 0.4) is 0 Å². The molecule has 3 heterocycles. The molecule has 46 heavy (non-hydrogen) atoms. The van der Waals surface area contributed by atoms with Gasteiger partial charge in [-0.05, 0) is 25.7 Å². The van der Waals surface area contributed by atoms with Gasteiger partial charge in [-0.3, -0.25) is 0 Å². The normalized spacial score (nSPS) is 37.8. The summed E-state index contributed by atoms with van der Waals surface area (Å²) in [6.45, 7) is 24.8. The summed E-state index contributed by atoms with van der Waals surface area (Å²) in [6, 6.07) is 0. The molecule has 264 valence electrons. The molecule has 4 fully saturated rings. The Balaban J connectivity index is 0.000000260. The fourth-order valence-electron chi connectivity index (χ4n) is 6.81. The third-order valence-electron chi connectivity index (χ3n) is 9.60. The molecule has 0 amide bonds. The molecular weight excluding hydrogens is 617 g/mol. The summed E-state index contributed by atoms with van der Waals surface area (Å²) in [4.78, 5) is 0. The molecule has 3 aliphatic heterocycles. The van der Waals surface area contributed by atoms with Crippen LogP contribution in [0.2, 0.25) is 39.3 Å². The van der Waals surface area contributed by atoms with Gasteiger partial charge < -0.3 is 39.4 Å². The van der Waals surface area contributed by atoms with E-state index in [2.05, 4.69) is 65.1 Å². The van der Waals surface area contributed by atoms with Crippen LogP contribution in [0.4, 0.5) is 0 Å². The van der Waals surface area contributed by atoms with E-state index in [1.54, 1.807) is 12.2 Å². The van der Waals surface area contributed by atoms with Crippen molar-refractivity contribution in [2.24, 2.45) is 11.8 Å². The lowest BCUT2D eigenvalue weighted by molar-refractivity contribution is -0.214. The van der Waals surface area contributed by atoms with E-state index < -0.39 is 52.5 Å². The second-order valence-corrected chi connectivity index (χ2v) is 26.2. The Kier molecular flexibility index (Phi) is 14.3. The van der Waals surface area contributed by atoms with Crippen LogP contribution in [0.5, 0.6) is 0 Å². The zero-order chi connectivity index (χ0) is 34.4. The minimum absolute atomic E-state index is 0.0102. The van der Waals surface area contributed by atoms with E-state index in [-0.39, 0.29) is 42.4 Å². The molecule has 10 heteroatoms. The van der Waals surface area contributed by atoms with Crippen LogP contribution in [0, 0.1) is 11.8 Å². The number of ether oxygens (including phenoxy) is 4. The summed E-state index contributed by atoms with van der Waals surface area (Å²) < 4.78 is 25.2. The van der Waals surface area contributed by atoms with Crippen LogP contribution < -0.4 is 0 Å². The van der Waals surface area contributed by atoms with Crippen LogP contribution in [0.15, 0.2) is 48.9 Å². The maximum atomic E-state index is 10.9. The lowest BCUT2D eigenvalue weighted by atomic mass is 9.85. The lowest BCUT2D eigenvalue weighted by Crippen LogP contribution is -2.57. The smallest absolute Gasteiger partial charge is 0.169 e. The van der Waals surface area contributed by atoms with E-state index in [0.29, 0.717) is 6.42 Å². The molecule has 12 atom stereocenters. The predicted octanol–water partition coefficient (Wildman–Crippen LogP) is 5.69. The van der Waals surface area contributed by atoms with E-state index in [4.69, 9.17) is 18.9 Å². The predicted molar refractivity (Wildman–Crippen MR) is 190 cm³/mol. The number of fused-ring (bicyclic) bond motifs is 1. The van der Waals surface area contributed by atoms with Crippen LogP contribution in [-0.2, 0) is 18.9 Å². The lowest BCUT2D eigenvalue weighted by Gasteiger charge is -2.42. The minimum Gasteiger partial charge on any atom is -0.390 e. The van der Waals surface area contributed by atoms with Gasteiger partial charge in [0, 0.05) is 24.7 Å². The Morgan fingerprint density at radius 2 is 1.15 bits per heavy atom. The summed E-state index contributed by atoms with van der Waals surface area (Å²) in [5.41, 5.74) is 4.20. The molecule has 0 unspecified atom stereocenters. The standard InChI is InChI=1S/C21H36O4Si.C15H28O4Si/c1-6-10-17-15(2)18-20(25-21(24-18)12-8-7-9-13-21)19(23-17)16(22)11-14-26(3,4)5;1-6-7-12-10(2)13(17)14(18)15(19-12)11(16)8-9-20(3,4)5/h6,11,14-20,22H,1,7-10,12-13H2,2-5H3;6,8-18H,1,7H2,2-5H3/b14-11+;9-8+/t15-,16-,17-,18-,19-,20-;10-,11-,12-,13-,14-,15-/m00/s1. The summed E-state index contributed by atoms with van der Waals surface area (Å²) in [5, 5.41) is 41.3. The van der Waals surface area contributed by atoms with Crippen LogP contribution in [-0.4, -0.2) is 103 Å². The number of hydrogen-bond acceptors (Lipinski definition) is 8. The average molecular weight is 681 g/mol. The first-order chi connectivity index (χ1) is 21.4. The van der Waals surface area contributed by atoms with Crippen molar-refractivity contribution in [2.45, 2.75) is 165 Å². The van der Waals surface area contributed by atoms with Crippen LogP contribution in [0.25, 0.3) is 0 Å². The van der Waals surface area contributed by atoms with Gasteiger partial charge in [0.15, 0.2) is 5.79 Å². The maximum absolute atomic E-state index is 10.9.